The van der Waals surface area contributed by atoms with Gasteiger partial charge >= 0.3 is 0 Å². The summed E-state index contributed by atoms with van der Waals surface area (Å²) in [5, 5.41) is 13.6. The molecule has 1 atom stereocenters. The molecule has 1 aromatic heterocycles. The lowest BCUT2D eigenvalue weighted by atomic mass is 10.2. The van der Waals surface area contributed by atoms with Gasteiger partial charge in [-0.05, 0) is 35.4 Å². The molecule has 7 nitrogen and oxygen atoms in total. The Morgan fingerprint density at radius 3 is 3.10 bits per heavy atom. The molecule has 0 radical (unpaired) electrons. The number of nitrogens with one attached hydrogen (secondary N) is 1. The number of carbonyl (C=O) groups excluding carboxylic acids is 1. The molecule has 0 spiro atoms. The molecule has 0 fully saturated rings. The van der Waals surface area contributed by atoms with E-state index in [4.69, 9.17) is 0 Å². The molecule has 1 aliphatic rings. The molecule has 2 aromatic rings. The van der Waals surface area contributed by atoms with Crippen molar-refractivity contribution in [3.05, 3.63) is 36.2 Å². The summed E-state index contributed by atoms with van der Waals surface area (Å²) in [6.07, 6.45) is 2.50. The van der Waals surface area contributed by atoms with Crippen LogP contribution in [-0.4, -0.2) is 45.2 Å². The number of amides is 1. The van der Waals surface area contributed by atoms with Crippen molar-refractivity contribution in [3.8, 4) is 0 Å². The molecule has 1 amide bonds. The third-order valence-electron chi connectivity index (χ3n) is 3.75. The average Bonchev–Trinajstić information content (AvgIpc) is 3.13. The summed E-state index contributed by atoms with van der Waals surface area (Å²) in [5.74, 6) is -0.0818. The highest BCUT2D eigenvalue weighted by molar-refractivity contribution is 5.75. The summed E-state index contributed by atoms with van der Waals surface area (Å²) >= 11 is 0. The average molecular weight is 286 g/mol. The van der Waals surface area contributed by atoms with Crippen LogP contribution in [0.1, 0.15) is 12.5 Å². The number of hydrogen-bond acceptors (Lipinski definition) is 5. The van der Waals surface area contributed by atoms with Gasteiger partial charge in [-0.2, -0.15) is 0 Å². The normalized spacial score (nSPS) is 14.8. The number of nitrogens with zero attached hydrogens (tertiary/aromatic N) is 5. The van der Waals surface area contributed by atoms with Crippen molar-refractivity contribution in [1.82, 2.24) is 25.5 Å². The maximum atomic E-state index is 11.8. The minimum atomic E-state index is -0.0818. The number of anilines is 1. The minimum Gasteiger partial charge on any atom is -0.366 e. The monoisotopic (exact) mass is 286 g/mol. The van der Waals surface area contributed by atoms with Crippen molar-refractivity contribution in [1.29, 1.82) is 0 Å². The van der Waals surface area contributed by atoms with Crippen LogP contribution in [0.25, 0.3) is 0 Å². The summed E-state index contributed by atoms with van der Waals surface area (Å²) in [6, 6.07) is 8.69. The first-order valence-electron chi connectivity index (χ1n) is 7.06. The van der Waals surface area contributed by atoms with Crippen molar-refractivity contribution >= 4 is 11.6 Å². The molecule has 7 heteroatoms. The topological polar surface area (TPSA) is 75.9 Å². The zero-order valence-electron chi connectivity index (χ0n) is 11.9. The third-order valence-corrected chi connectivity index (χ3v) is 3.75. The van der Waals surface area contributed by atoms with E-state index >= 15 is 0 Å². The van der Waals surface area contributed by atoms with Crippen molar-refractivity contribution in [2.45, 2.75) is 25.9 Å². The molecule has 1 aromatic carbocycles. The van der Waals surface area contributed by atoms with Crippen LogP contribution >= 0.6 is 0 Å². The molecule has 0 bridgehead atoms. The lowest BCUT2D eigenvalue weighted by Crippen LogP contribution is -2.42. The van der Waals surface area contributed by atoms with Gasteiger partial charge < -0.3 is 10.2 Å². The van der Waals surface area contributed by atoms with E-state index in [1.807, 2.05) is 0 Å². The van der Waals surface area contributed by atoms with Gasteiger partial charge in [-0.25, -0.2) is 4.68 Å². The molecule has 2 heterocycles. The number of hydrogen-bond donors (Lipinski definition) is 1. The van der Waals surface area contributed by atoms with Crippen LogP contribution in [0.3, 0.4) is 0 Å². The Hall–Kier alpha value is -2.44. The number of aromatic nitrogens is 4. The van der Waals surface area contributed by atoms with E-state index in [1.54, 1.807) is 0 Å². The van der Waals surface area contributed by atoms with Crippen LogP contribution in [0.2, 0.25) is 0 Å². The Bertz CT molecular complexity index is 612. The fourth-order valence-corrected chi connectivity index (χ4v) is 2.65. The fourth-order valence-electron chi connectivity index (χ4n) is 2.65. The molecular weight excluding hydrogens is 268 g/mol. The van der Waals surface area contributed by atoms with Crippen LogP contribution in [0.5, 0.6) is 0 Å². The molecule has 0 aliphatic carbocycles. The highest BCUT2D eigenvalue weighted by Crippen LogP contribution is 2.28. The summed E-state index contributed by atoms with van der Waals surface area (Å²) in [6.45, 7) is 3.88. The summed E-state index contributed by atoms with van der Waals surface area (Å²) < 4.78 is 1.41. The highest BCUT2D eigenvalue weighted by atomic mass is 16.2. The summed E-state index contributed by atoms with van der Waals surface area (Å²) in [7, 11) is 0. The first kappa shape index (κ1) is 13.5. The number of rotatable bonds is 5. The largest absolute Gasteiger partial charge is 0.366 e. The number of fused-ring (bicyclic) bond motifs is 1. The first-order chi connectivity index (χ1) is 10.2. The summed E-state index contributed by atoms with van der Waals surface area (Å²) in [5.41, 5.74) is 2.66. The zero-order valence-corrected chi connectivity index (χ0v) is 11.9. The zero-order chi connectivity index (χ0) is 14.7. The second kappa shape index (κ2) is 5.90. The van der Waals surface area contributed by atoms with Crippen LogP contribution in [0.4, 0.5) is 5.69 Å². The van der Waals surface area contributed by atoms with Crippen molar-refractivity contribution in [2.75, 3.05) is 18.0 Å². The predicted octanol–water partition coefficient (Wildman–Crippen LogP) is 0.241. The lowest BCUT2D eigenvalue weighted by molar-refractivity contribution is -0.121. The van der Waals surface area contributed by atoms with Gasteiger partial charge in [0.25, 0.3) is 0 Å². The Balaban J connectivity index is 1.53. The smallest absolute Gasteiger partial charge is 0.241 e. The van der Waals surface area contributed by atoms with Crippen molar-refractivity contribution < 1.29 is 4.79 Å². The summed E-state index contributed by atoms with van der Waals surface area (Å²) in [4.78, 5) is 14.2. The minimum absolute atomic E-state index is 0.0818. The van der Waals surface area contributed by atoms with E-state index in [0.717, 1.165) is 13.0 Å². The predicted molar refractivity (Wildman–Crippen MR) is 77.8 cm³/mol. The molecule has 1 N–H and O–H groups in total. The molecule has 21 heavy (non-hydrogen) atoms. The van der Waals surface area contributed by atoms with E-state index in [2.05, 4.69) is 56.9 Å². The molecule has 0 saturated heterocycles. The van der Waals surface area contributed by atoms with E-state index in [-0.39, 0.29) is 18.5 Å². The second-order valence-electron chi connectivity index (χ2n) is 5.23. The molecule has 1 aliphatic heterocycles. The van der Waals surface area contributed by atoms with E-state index < -0.39 is 0 Å². The maximum absolute atomic E-state index is 11.8. The maximum Gasteiger partial charge on any atom is 0.241 e. The van der Waals surface area contributed by atoms with Crippen LogP contribution < -0.4 is 10.2 Å². The first-order valence-corrected chi connectivity index (χ1v) is 7.06. The number of para-hydroxylation sites is 1. The van der Waals surface area contributed by atoms with Crippen molar-refractivity contribution in [3.63, 3.8) is 0 Å². The molecule has 3 rings (SSSR count). The van der Waals surface area contributed by atoms with Gasteiger partial charge in [-0.15, -0.1) is 5.10 Å². The standard InChI is InChI=1S/C14H18N6O/c1-11(8-15-14(21)9-19-10-16-17-18-19)20-7-6-12-4-2-3-5-13(12)20/h2-5,10-11H,6-9H2,1H3,(H,15,21). The second-order valence-corrected chi connectivity index (χ2v) is 5.23. The fraction of sp³-hybridized carbons (Fsp3) is 0.429. The van der Waals surface area contributed by atoms with E-state index in [9.17, 15) is 4.79 Å². The molecule has 110 valence electrons. The Kier molecular flexibility index (Phi) is 3.81. The third kappa shape index (κ3) is 3.01. The quantitative estimate of drug-likeness (QED) is 0.852. The van der Waals surface area contributed by atoms with Crippen LogP contribution in [-0.2, 0) is 17.8 Å². The number of benzene rings is 1. The van der Waals surface area contributed by atoms with Gasteiger partial charge in [0.05, 0.1) is 0 Å². The van der Waals surface area contributed by atoms with Crippen LogP contribution in [0, 0.1) is 0 Å². The lowest BCUT2D eigenvalue weighted by Gasteiger charge is -2.27. The SMILES string of the molecule is CC(CNC(=O)Cn1cnnn1)N1CCc2ccccc21. The Labute approximate surface area is 122 Å². The van der Waals surface area contributed by atoms with Crippen LogP contribution in [0.15, 0.2) is 30.6 Å². The number of carbonyl (C=O) groups is 1. The Morgan fingerprint density at radius 2 is 2.29 bits per heavy atom. The molecule has 0 saturated carbocycles. The molecular formula is C14H18N6O. The van der Waals surface area contributed by atoms with Gasteiger partial charge in [0, 0.05) is 24.8 Å². The van der Waals surface area contributed by atoms with Gasteiger partial charge in [0.2, 0.25) is 5.91 Å². The van der Waals surface area contributed by atoms with Gasteiger partial charge in [-0.1, -0.05) is 18.2 Å². The highest BCUT2D eigenvalue weighted by Gasteiger charge is 2.23. The van der Waals surface area contributed by atoms with Gasteiger partial charge in [-0.3, -0.25) is 4.79 Å². The molecule has 1 unspecified atom stereocenters. The number of tetrazole rings is 1. The van der Waals surface area contributed by atoms with E-state index in [1.165, 1.54) is 22.3 Å². The van der Waals surface area contributed by atoms with Gasteiger partial charge in [0.15, 0.2) is 0 Å². The van der Waals surface area contributed by atoms with Gasteiger partial charge in [0.1, 0.15) is 12.9 Å². The van der Waals surface area contributed by atoms with E-state index in [0.29, 0.717) is 6.54 Å². The Morgan fingerprint density at radius 1 is 1.43 bits per heavy atom. The van der Waals surface area contributed by atoms with Crippen molar-refractivity contribution in [2.24, 2.45) is 0 Å².